The predicted molar refractivity (Wildman–Crippen MR) is 138 cm³/mol. The molecule has 4 aromatic rings. The van der Waals surface area contributed by atoms with Crippen molar-refractivity contribution in [1.29, 1.82) is 0 Å². The van der Waals surface area contributed by atoms with Gasteiger partial charge in [-0.2, -0.15) is 0 Å². The highest BCUT2D eigenvalue weighted by atomic mass is 16.6. The van der Waals surface area contributed by atoms with Gasteiger partial charge in [-0.05, 0) is 61.4 Å². The maximum Gasteiger partial charge on any atom is 0.416 e. The lowest BCUT2D eigenvalue weighted by Crippen LogP contribution is -2.37. The third-order valence-corrected chi connectivity index (χ3v) is 5.60. The molecule has 0 aliphatic carbocycles. The van der Waals surface area contributed by atoms with Crippen molar-refractivity contribution >= 4 is 12.1 Å². The maximum atomic E-state index is 12.6. The summed E-state index contributed by atoms with van der Waals surface area (Å²) in [4.78, 5) is 29.7. The van der Waals surface area contributed by atoms with Gasteiger partial charge in [-0.3, -0.25) is 9.69 Å². The molecule has 0 atom stereocenters. The van der Waals surface area contributed by atoms with E-state index in [4.69, 9.17) is 13.9 Å². The number of carboxylic acids is 1. The van der Waals surface area contributed by atoms with Crippen molar-refractivity contribution in [2.75, 3.05) is 13.2 Å². The third kappa shape index (κ3) is 7.20. The minimum absolute atomic E-state index is 0.0810. The topological polar surface area (TPSA) is 102 Å². The fourth-order valence-electron chi connectivity index (χ4n) is 3.73. The quantitative estimate of drug-likeness (QED) is 0.299. The molecule has 1 heterocycles. The number of oxazole rings is 1. The normalized spacial score (nSPS) is 10.6. The summed E-state index contributed by atoms with van der Waals surface area (Å²) in [5.74, 6) is 1.24. The molecule has 190 valence electrons. The van der Waals surface area contributed by atoms with Crippen molar-refractivity contribution in [1.82, 2.24) is 9.88 Å². The van der Waals surface area contributed by atoms with E-state index < -0.39 is 18.6 Å². The van der Waals surface area contributed by atoms with E-state index in [1.807, 2.05) is 50.2 Å². The first-order valence-corrected chi connectivity index (χ1v) is 11.9. The Bertz CT molecular complexity index is 1350. The highest BCUT2D eigenvalue weighted by Crippen LogP contribution is 2.22. The molecule has 1 amide bonds. The van der Waals surface area contributed by atoms with Gasteiger partial charge < -0.3 is 19.0 Å². The van der Waals surface area contributed by atoms with E-state index in [2.05, 4.69) is 4.98 Å². The summed E-state index contributed by atoms with van der Waals surface area (Å²) >= 11 is 0. The van der Waals surface area contributed by atoms with E-state index in [1.54, 1.807) is 42.5 Å². The minimum atomic E-state index is -1.13. The molecule has 0 spiro atoms. The van der Waals surface area contributed by atoms with Gasteiger partial charge in [0.1, 0.15) is 23.8 Å². The van der Waals surface area contributed by atoms with Crippen molar-refractivity contribution in [3.63, 3.8) is 0 Å². The van der Waals surface area contributed by atoms with E-state index in [0.717, 1.165) is 33.0 Å². The van der Waals surface area contributed by atoms with Crippen LogP contribution in [0.3, 0.4) is 0 Å². The zero-order valence-electron chi connectivity index (χ0n) is 20.7. The van der Waals surface area contributed by atoms with Gasteiger partial charge in [0.25, 0.3) is 0 Å². The monoisotopic (exact) mass is 500 g/mol. The third-order valence-electron chi connectivity index (χ3n) is 5.60. The molecule has 0 saturated carbocycles. The van der Waals surface area contributed by atoms with Gasteiger partial charge in [-0.25, -0.2) is 9.78 Å². The van der Waals surface area contributed by atoms with Crippen LogP contribution in [0.5, 0.6) is 11.5 Å². The number of carbonyl (C=O) groups excluding carboxylic acids is 1. The fourth-order valence-corrected chi connectivity index (χ4v) is 3.73. The minimum Gasteiger partial charge on any atom is -0.493 e. The Kier molecular flexibility index (Phi) is 8.20. The number of aryl methyl sites for hydroxylation is 2. The highest BCUT2D eigenvalue weighted by Gasteiger charge is 2.20. The lowest BCUT2D eigenvalue weighted by Gasteiger charge is -2.20. The Morgan fingerprint density at radius 3 is 2.41 bits per heavy atom. The van der Waals surface area contributed by atoms with E-state index in [9.17, 15) is 14.7 Å². The standard InChI is InChI=1S/C29H28N2O6/c1-20-7-6-10-25(17-20)37-29(34)31(19-27(32)33)18-22-11-13-24(14-12-22)35-16-15-26-21(2)36-28(30-26)23-8-4-3-5-9-23/h3-14,17H,15-16,18-19H2,1-2H3,(H,32,33). The number of rotatable bonds is 10. The summed E-state index contributed by atoms with van der Waals surface area (Å²) in [5.41, 5.74) is 3.44. The molecule has 0 unspecified atom stereocenters. The average Bonchev–Trinajstić information content (AvgIpc) is 3.25. The Morgan fingerprint density at radius 1 is 0.946 bits per heavy atom. The van der Waals surface area contributed by atoms with E-state index in [-0.39, 0.29) is 6.54 Å². The Labute approximate surface area is 215 Å². The summed E-state index contributed by atoms with van der Waals surface area (Å²) in [6.07, 6.45) is -0.146. The van der Waals surface area contributed by atoms with Crippen LogP contribution in [0.2, 0.25) is 0 Å². The van der Waals surface area contributed by atoms with Crippen molar-refractivity contribution in [2.45, 2.75) is 26.8 Å². The highest BCUT2D eigenvalue weighted by molar-refractivity contribution is 5.78. The number of ether oxygens (including phenoxy) is 2. The van der Waals surface area contributed by atoms with Gasteiger partial charge in [0.15, 0.2) is 0 Å². The second kappa shape index (κ2) is 11.9. The predicted octanol–water partition coefficient (Wildman–Crippen LogP) is 5.67. The smallest absolute Gasteiger partial charge is 0.416 e. The Morgan fingerprint density at radius 2 is 1.70 bits per heavy atom. The SMILES string of the molecule is Cc1cccc(OC(=O)N(CC(=O)O)Cc2ccc(OCCc3nc(-c4ccccc4)oc3C)cc2)c1. The largest absolute Gasteiger partial charge is 0.493 e. The Balaban J connectivity index is 1.32. The van der Waals surface area contributed by atoms with Gasteiger partial charge in [0.05, 0.1) is 12.3 Å². The zero-order valence-corrected chi connectivity index (χ0v) is 20.7. The molecule has 8 nitrogen and oxygen atoms in total. The number of carboxylic acid groups (broad SMARTS) is 1. The lowest BCUT2D eigenvalue weighted by atomic mass is 10.2. The first-order valence-electron chi connectivity index (χ1n) is 11.9. The van der Waals surface area contributed by atoms with Crippen LogP contribution < -0.4 is 9.47 Å². The molecule has 4 rings (SSSR count). The van der Waals surface area contributed by atoms with Gasteiger partial charge in [-0.1, -0.05) is 42.5 Å². The van der Waals surface area contributed by atoms with Gasteiger partial charge in [-0.15, -0.1) is 0 Å². The van der Waals surface area contributed by atoms with Crippen LogP contribution in [0.1, 0.15) is 22.6 Å². The second-order valence-corrected chi connectivity index (χ2v) is 8.56. The summed E-state index contributed by atoms with van der Waals surface area (Å²) < 4.78 is 17.0. The molecule has 0 aliphatic heterocycles. The molecule has 0 radical (unpaired) electrons. The van der Waals surface area contributed by atoms with E-state index in [0.29, 0.717) is 30.4 Å². The van der Waals surface area contributed by atoms with Gasteiger partial charge >= 0.3 is 12.1 Å². The molecule has 8 heteroatoms. The van der Waals surface area contributed by atoms with Crippen LogP contribution in [0, 0.1) is 13.8 Å². The lowest BCUT2D eigenvalue weighted by molar-refractivity contribution is -0.138. The van der Waals surface area contributed by atoms with Crippen LogP contribution in [0.15, 0.2) is 83.3 Å². The first-order chi connectivity index (χ1) is 17.9. The number of aliphatic carboxylic acids is 1. The molecule has 0 bridgehead atoms. The number of hydrogen-bond acceptors (Lipinski definition) is 6. The van der Waals surface area contributed by atoms with Crippen LogP contribution >= 0.6 is 0 Å². The summed E-state index contributed by atoms with van der Waals surface area (Å²) in [6, 6.07) is 23.9. The molecule has 0 fully saturated rings. The van der Waals surface area contributed by atoms with Crippen LogP contribution in [-0.2, 0) is 17.8 Å². The molecule has 0 aliphatic rings. The number of aromatic nitrogens is 1. The number of nitrogens with zero attached hydrogens (tertiary/aromatic N) is 2. The van der Waals surface area contributed by atoms with Crippen LogP contribution in [0.4, 0.5) is 4.79 Å². The first kappa shape index (κ1) is 25.5. The number of amides is 1. The van der Waals surface area contributed by atoms with Crippen molar-refractivity contribution < 1.29 is 28.6 Å². The molecule has 1 aromatic heterocycles. The van der Waals surface area contributed by atoms with Crippen molar-refractivity contribution in [3.05, 3.63) is 101 Å². The summed E-state index contributed by atoms with van der Waals surface area (Å²) in [5, 5.41) is 9.26. The zero-order chi connectivity index (χ0) is 26.2. The Hall–Kier alpha value is -4.59. The van der Waals surface area contributed by atoms with E-state index in [1.165, 1.54) is 0 Å². The summed E-state index contributed by atoms with van der Waals surface area (Å²) in [6.45, 7) is 3.78. The molecular weight excluding hydrogens is 472 g/mol. The van der Waals surface area contributed by atoms with Gasteiger partial charge in [0, 0.05) is 18.5 Å². The van der Waals surface area contributed by atoms with Gasteiger partial charge in [0.2, 0.25) is 5.89 Å². The molecule has 0 saturated heterocycles. The molecule has 1 N–H and O–H groups in total. The number of carbonyl (C=O) groups is 2. The fraction of sp³-hybridized carbons (Fsp3) is 0.207. The number of benzene rings is 3. The summed E-state index contributed by atoms with van der Waals surface area (Å²) in [7, 11) is 0. The van der Waals surface area contributed by atoms with E-state index >= 15 is 0 Å². The van der Waals surface area contributed by atoms with Crippen LogP contribution in [0.25, 0.3) is 11.5 Å². The molecule has 3 aromatic carbocycles. The second-order valence-electron chi connectivity index (χ2n) is 8.56. The average molecular weight is 501 g/mol. The van der Waals surface area contributed by atoms with Crippen molar-refractivity contribution in [3.8, 4) is 23.0 Å². The van der Waals surface area contributed by atoms with Crippen LogP contribution in [-0.4, -0.2) is 40.2 Å². The maximum absolute atomic E-state index is 12.6. The molecule has 37 heavy (non-hydrogen) atoms. The number of hydrogen-bond donors (Lipinski definition) is 1. The van der Waals surface area contributed by atoms with Crippen molar-refractivity contribution in [2.24, 2.45) is 0 Å². The molecular formula is C29H28N2O6.